The maximum absolute atomic E-state index is 12.4. The molecule has 1 amide bonds. The molecular formula is C21H23N7O3S. The molecule has 4 heterocycles. The molecule has 0 unspecified atom stereocenters. The quantitative estimate of drug-likeness (QED) is 0.331. The Morgan fingerprint density at radius 2 is 2.03 bits per heavy atom. The number of hydrogen-bond donors (Lipinski definition) is 1. The highest BCUT2D eigenvalue weighted by molar-refractivity contribution is 7.98. The van der Waals surface area contributed by atoms with E-state index in [4.69, 9.17) is 14.2 Å². The fraction of sp³-hybridized carbons (Fsp3) is 0.381. The molecule has 1 aliphatic heterocycles. The summed E-state index contributed by atoms with van der Waals surface area (Å²) >= 11 is 1.50. The van der Waals surface area contributed by atoms with Gasteiger partial charge in [0.2, 0.25) is 5.91 Å². The fourth-order valence-electron chi connectivity index (χ4n) is 3.77. The number of nitrogens with one attached hydrogen (secondary N) is 1. The van der Waals surface area contributed by atoms with E-state index >= 15 is 0 Å². The van der Waals surface area contributed by atoms with E-state index in [1.165, 1.54) is 11.8 Å². The Morgan fingerprint density at radius 3 is 2.88 bits per heavy atom. The zero-order valence-electron chi connectivity index (χ0n) is 17.7. The number of morpholine rings is 1. The van der Waals surface area contributed by atoms with Crippen molar-refractivity contribution in [1.82, 2.24) is 30.2 Å². The summed E-state index contributed by atoms with van der Waals surface area (Å²) in [5.41, 5.74) is 2.08. The number of hydrogen-bond acceptors (Lipinski definition) is 9. The van der Waals surface area contributed by atoms with Crippen LogP contribution in [0.3, 0.4) is 0 Å². The van der Waals surface area contributed by atoms with E-state index in [1.807, 2.05) is 35.2 Å². The average molecular weight is 454 g/mol. The van der Waals surface area contributed by atoms with E-state index in [-0.39, 0.29) is 12.3 Å². The molecule has 1 N–H and O–H groups in total. The number of amides is 1. The maximum atomic E-state index is 12.4. The van der Waals surface area contributed by atoms with Crippen molar-refractivity contribution in [3.05, 3.63) is 36.2 Å². The summed E-state index contributed by atoms with van der Waals surface area (Å²) in [6.45, 7) is 3.87. The molecule has 0 spiro atoms. The normalized spacial score (nSPS) is 14.3. The third kappa shape index (κ3) is 4.13. The van der Waals surface area contributed by atoms with Gasteiger partial charge < -0.3 is 19.5 Å². The van der Waals surface area contributed by atoms with Gasteiger partial charge in [-0.15, -0.1) is 0 Å². The van der Waals surface area contributed by atoms with Gasteiger partial charge in [-0.25, -0.2) is 14.6 Å². The van der Waals surface area contributed by atoms with E-state index in [0.29, 0.717) is 42.7 Å². The van der Waals surface area contributed by atoms with Crippen LogP contribution in [0.25, 0.3) is 22.0 Å². The Labute approximate surface area is 188 Å². The number of anilines is 1. The summed E-state index contributed by atoms with van der Waals surface area (Å²) in [7, 11) is 0. The summed E-state index contributed by atoms with van der Waals surface area (Å²) in [6.07, 6.45) is 3.92. The number of fused-ring (bicyclic) bond motifs is 2. The second kappa shape index (κ2) is 9.13. The highest BCUT2D eigenvalue weighted by atomic mass is 32.2. The standard InChI is InChI=1S/C21H23N7O3S/c1-32-21-24-19(27-8-10-30-11-9-27)15-13-23-28(20(15)25-21)7-6-22-18(29)12-16-14-4-2-3-5-17(14)31-26-16/h2-5,13H,6-12H2,1H3,(H,22,29). The molecule has 4 aromatic rings. The molecular weight excluding hydrogens is 430 g/mol. The molecule has 5 rings (SSSR count). The summed E-state index contributed by atoms with van der Waals surface area (Å²) in [4.78, 5) is 24.0. The number of carbonyl (C=O) groups is 1. The number of thioether (sulfide) groups is 1. The SMILES string of the molecule is CSc1nc(N2CCOCC2)c2cnn(CCNC(=O)Cc3noc4ccccc34)c2n1. The van der Waals surface area contributed by atoms with E-state index in [0.717, 1.165) is 35.3 Å². The maximum Gasteiger partial charge on any atom is 0.226 e. The van der Waals surface area contributed by atoms with E-state index in [1.54, 1.807) is 6.20 Å². The van der Waals surface area contributed by atoms with Gasteiger partial charge in [-0.05, 0) is 18.4 Å². The van der Waals surface area contributed by atoms with Crippen molar-refractivity contribution in [3.63, 3.8) is 0 Å². The molecule has 1 fully saturated rings. The van der Waals surface area contributed by atoms with Crippen LogP contribution in [0.1, 0.15) is 5.69 Å². The first-order valence-corrected chi connectivity index (χ1v) is 11.7. The van der Waals surface area contributed by atoms with Crippen molar-refractivity contribution in [2.24, 2.45) is 0 Å². The summed E-state index contributed by atoms with van der Waals surface area (Å²) < 4.78 is 12.6. The summed E-state index contributed by atoms with van der Waals surface area (Å²) in [5.74, 6) is 0.768. The average Bonchev–Trinajstić information content (AvgIpc) is 3.43. The van der Waals surface area contributed by atoms with Crippen molar-refractivity contribution >= 4 is 45.5 Å². The van der Waals surface area contributed by atoms with Gasteiger partial charge in [0.05, 0.1) is 37.8 Å². The van der Waals surface area contributed by atoms with Gasteiger partial charge in [0.15, 0.2) is 16.4 Å². The van der Waals surface area contributed by atoms with Crippen molar-refractivity contribution in [2.45, 2.75) is 18.1 Å². The second-order valence-electron chi connectivity index (χ2n) is 7.39. The second-order valence-corrected chi connectivity index (χ2v) is 8.16. The molecule has 0 atom stereocenters. The lowest BCUT2D eigenvalue weighted by Crippen LogP contribution is -2.37. The smallest absolute Gasteiger partial charge is 0.226 e. The number of aromatic nitrogens is 5. The Morgan fingerprint density at radius 1 is 1.19 bits per heavy atom. The Hall–Kier alpha value is -3.18. The molecule has 1 aliphatic rings. The van der Waals surface area contributed by atoms with Crippen LogP contribution in [0, 0.1) is 0 Å². The summed E-state index contributed by atoms with van der Waals surface area (Å²) in [6, 6.07) is 7.52. The minimum absolute atomic E-state index is 0.117. The summed E-state index contributed by atoms with van der Waals surface area (Å²) in [5, 5.41) is 13.9. The number of carbonyl (C=O) groups excluding carboxylic acids is 1. The van der Waals surface area contributed by atoms with E-state index in [2.05, 4.69) is 25.5 Å². The Balaban J connectivity index is 1.27. The lowest BCUT2D eigenvalue weighted by atomic mass is 10.1. The van der Waals surface area contributed by atoms with Gasteiger partial charge in [0, 0.05) is 25.0 Å². The molecule has 0 radical (unpaired) electrons. The Bertz CT molecular complexity index is 1250. The number of nitrogens with zero attached hydrogens (tertiary/aromatic N) is 6. The third-order valence-electron chi connectivity index (χ3n) is 5.37. The van der Waals surface area contributed by atoms with Gasteiger partial charge in [-0.1, -0.05) is 29.1 Å². The van der Waals surface area contributed by atoms with Crippen molar-refractivity contribution in [2.75, 3.05) is 44.0 Å². The van der Waals surface area contributed by atoms with Gasteiger partial charge in [-0.2, -0.15) is 5.10 Å². The monoisotopic (exact) mass is 453 g/mol. The largest absolute Gasteiger partial charge is 0.378 e. The van der Waals surface area contributed by atoms with Crippen LogP contribution in [0.2, 0.25) is 0 Å². The highest BCUT2D eigenvalue weighted by Crippen LogP contribution is 2.27. The lowest BCUT2D eigenvalue weighted by molar-refractivity contribution is -0.120. The molecule has 0 aliphatic carbocycles. The predicted octanol–water partition coefficient (Wildman–Crippen LogP) is 1.88. The van der Waals surface area contributed by atoms with Crippen LogP contribution in [-0.4, -0.2) is 69.9 Å². The van der Waals surface area contributed by atoms with Crippen LogP contribution >= 0.6 is 11.8 Å². The van der Waals surface area contributed by atoms with E-state index < -0.39 is 0 Å². The molecule has 1 aromatic carbocycles. The molecule has 0 bridgehead atoms. The van der Waals surface area contributed by atoms with Crippen molar-refractivity contribution in [3.8, 4) is 0 Å². The third-order valence-corrected chi connectivity index (χ3v) is 5.92. The minimum Gasteiger partial charge on any atom is -0.378 e. The molecule has 0 saturated carbocycles. The Kier molecular flexibility index (Phi) is 5.91. The minimum atomic E-state index is -0.117. The molecule has 166 valence electrons. The molecule has 32 heavy (non-hydrogen) atoms. The number of ether oxygens (including phenoxy) is 1. The molecule has 11 heteroatoms. The van der Waals surface area contributed by atoms with Crippen LogP contribution in [0.5, 0.6) is 0 Å². The topological polar surface area (TPSA) is 111 Å². The molecule has 3 aromatic heterocycles. The predicted molar refractivity (Wildman–Crippen MR) is 121 cm³/mol. The van der Waals surface area contributed by atoms with Gasteiger partial charge in [-0.3, -0.25) is 4.79 Å². The number of para-hydroxylation sites is 1. The van der Waals surface area contributed by atoms with Crippen LogP contribution < -0.4 is 10.2 Å². The van der Waals surface area contributed by atoms with Gasteiger partial charge in [0.1, 0.15) is 11.5 Å². The highest BCUT2D eigenvalue weighted by Gasteiger charge is 2.20. The fourth-order valence-corrected chi connectivity index (χ4v) is 4.13. The first kappa shape index (κ1) is 20.7. The van der Waals surface area contributed by atoms with Crippen molar-refractivity contribution in [1.29, 1.82) is 0 Å². The van der Waals surface area contributed by atoms with Gasteiger partial charge >= 0.3 is 0 Å². The van der Waals surface area contributed by atoms with Crippen molar-refractivity contribution < 1.29 is 14.1 Å². The van der Waals surface area contributed by atoms with E-state index in [9.17, 15) is 4.79 Å². The molecule has 1 saturated heterocycles. The number of rotatable bonds is 7. The zero-order valence-corrected chi connectivity index (χ0v) is 18.5. The van der Waals surface area contributed by atoms with Crippen LogP contribution in [-0.2, 0) is 22.5 Å². The molecule has 10 nitrogen and oxygen atoms in total. The first-order chi connectivity index (χ1) is 15.7. The first-order valence-electron chi connectivity index (χ1n) is 10.4. The van der Waals surface area contributed by atoms with Crippen LogP contribution in [0.4, 0.5) is 5.82 Å². The lowest BCUT2D eigenvalue weighted by Gasteiger charge is -2.28. The number of benzene rings is 1. The zero-order chi connectivity index (χ0) is 21.9. The van der Waals surface area contributed by atoms with Crippen LogP contribution in [0.15, 0.2) is 40.1 Å². The van der Waals surface area contributed by atoms with Gasteiger partial charge in [0.25, 0.3) is 0 Å².